The van der Waals surface area contributed by atoms with Crippen LogP contribution in [-0.2, 0) is 29.0 Å². The molecule has 3 atom stereocenters. The van der Waals surface area contributed by atoms with E-state index in [4.69, 9.17) is 29.4 Å². The van der Waals surface area contributed by atoms with Crippen LogP contribution in [0.2, 0.25) is 0 Å². The van der Waals surface area contributed by atoms with Gasteiger partial charge < -0.3 is 9.47 Å². The number of ether oxygens (including phenoxy) is 2. The van der Waals surface area contributed by atoms with Crippen molar-refractivity contribution in [3.8, 4) is 6.07 Å². The largest absolute Gasteiger partial charge is 0.320 e. The highest BCUT2D eigenvalue weighted by molar-refractivity contribution is 4.93. The Morgan fingerprint density at radius 1 is 1.28 bits per heavy atom. The van der Waals surface area contributed by atoms with Crippen molar-refractivity contribution in [2.75, 3.05) is 6.79 Å². The lowest BCUT2D eigenvalue weighted by atomic mass is 10.1. The second-order valence-corrected chi connectivity index (χ2v) is 4.63. The summed E-state index contributed by atoms with van der Waals surface area (Å²) < 4.78 is 10.6. The van der Waals surface area contributed by atoms with Crippen LogP contribution in [0.15, 0.2) is 0 Å². The summed E-state index contributed by atoms with van der Waals surface area (Å²) in [5, 5.41) is 8.85. The number of nitriles is 1. The van der Waals surface area contributed by atoms with E-state index in [1.807, 2.05) is 6.07 Å². The van der Waals surface area contributed by atoms with E-state index < -0.39 is 11.6 Å². The van der Waals surface area contributed by atoms with Gasteiger partial charge in [-0.25, -0.2) is 9.78 Å². The van der Waals surface area contributed by atoms with E-state index in [1.165, 1.54) is 6.92 Å². The Morgan fingerprint density at radius 2 is 2.11 bits per heavy atom. The van der Waals surface area contributed by atoms with Crippen LogP contribution in [-0.4, -0.2) is 24.7 Å². The van der Waals surface area contributed by atoms with Gasteiger partial charge in [0.15, 0.2) is 13.1 Å². The molecular formula is C11H17NO6. The average Bonchev–Trinajstić information content (AvgIpc) is 2.95. The third-order valence-electron chi connectivity index (χ3n) is 2.79. The lowest BCUT2D eigenvalue weighted by Gasteiger charge is -2.20. The Kier molecular flexibility index (Phi) is 4.17. The Hall–Kier alpha value is -0.750. The molecule has 2 rings (SSSR count). The van der Waals surface area contributed by atoms with Gasteiger partial charge in [-0.15, -0.1) is 0 Å². The standard InChI is InChI=1S/C11H17NO6/c1-10(16-11(2,7-12)18-17-10)6-4-3-5-9-13-8-14-15-9/h9H,3-6,8H2,1-2H3. The molecule has 18 heavy (non-hydrogen) atoms. The fraction of sp³-hybridized carbons (Fsp3) is 0.909. The molecule has 0 N–H and O–H groups in total. The van der Waals surface area contributed by atoms with E-state index in [-0.39, 0.29) is 13.1 Å². The molecule has 2 aliphatic rings. The Balaban J connectivity index is 1.66. The minimum absolute atomic E-state index is 0.184. The van der Waals surface area contributed by atoms with Crippen molar-refractivity contribution >= 4 is 0 Å². The zero-order valence-electron chi connectivity index (χ0n) is 10.5. The second-order valence-electron chi connectivity index (χ2n) is 4.63. The number of hydrogen-bond acceptors (Lipinski definition) is 7. The van der Waals surface area contributed by atoms with Crippen molar-refractivity contribution in [2.45, 2.75) is 57.4 Å². The molecule has 2 aliphatic heterocycles. The van der Waals surface area contributed by atoms with Gasteiger partial charge >= 0.3 is 0 Å². The molecule has 0 aliphatic carbocycles. The van der Waals surface area contributed by atoms with Gasteiger partial charge in [0.05, 0.1) is 0 Å². The van der Waals surface area contributed by atoms with Crippen LogP contribution >= 0.6 is 0 Å². The molecule has 2 fully saturated rings. The molecule has 2 saturated heterocycles. The Labute approximate surface area is 105 Å². The highest BCUT2D eigenvalue weighted by atomic mass is 17.3. The first-order valence-corrected chi connectivity index (χ1v) is 5.93. The fourth-order valence-electron chi connectivity index (χ4n) is 1.87. The Bertz CT molecular complexity index is 326. The van der Waals surface area contributed by atoms with E-state index in [0.29, 0.717) is 6.42 Å². The lowest BCUT2D eigenvalue weighted by molar-refractivity contribution is -0.336. The van der Waals surface area contributed by atoms with E-state index >= 15 is 0 Å². The van der Waals surface area contributed by atoms with Crippen LogP contribution in [0, 0.1) is 11.3 Å². The van der Waals surface area contributed by atoms with Gasteiger partial charge in [-0.3, -0.25) is 0 Å². The van der Waals surface area contributed by atoms with Crippen LogP contribution in [0.1, 0.15) is 39.5 Å². The van der Waals surface area contributed by atoms with Gasteiger partial charge in [0, 0.05) is 19.8 Å². The maximum Gasteiger partial charge on any atom is 0.289 e. The second kappa shape index (κ2) is 5.48. The minimum atomic E-state index is -1.32. The van der Waals surface area contributed by atoms with Gasteiger partial charge in [0.25, 0.3) is 5.79 Å². The molecule has 7 heteroatoms. The van der Waals surface area contributed by atoms with Crippen molar-refractivity contribution in [2.24, 2.45) is 0 Å². The van der Waals surface area contributed by atoms with E-state index in [0.717, 1.165) is 19.3 Å². The molecule has 0 saturated carbocycles. The van der Waals surface area contributed by atoms with Crippen LogP contribution in [0.4, 0.5) is 0 Å². The van der Waals surface area contributed by atoms with Crippen molar-refractivity contribution in [3.05, 3.63) is 0 Å². The van der Waals surface area contributed by atoms with E-state index in [1.54, 1.807) is 6.92 Å². The summed E-state index contributed by atoms with van der Waals surface area (Å²) in [6.07, 6.45) is 2.79. The maximum absolute atomic E-state index is 8.85. The summed E-state index contributed by atoms with van der Waals surface area (Å²) in [5.41, 5.74) is 0. The summed E-state index contributed by atoms with van der Waals surface area (Å²) >= 11 is 0. The maximum atomic E-state index is 8.85. The fourth-order valence-corrected chi connectivity index (χ4v) is 1.87. The molecule has 0 radical (unpaired) electrons. The topological polar surface area (TPSA) is 79.2 Å². The zero-order chi connectivity index (χ0) is 13.1. The van der Waals surface area contributed by atoms with Crippen LogP contribution in [0.3, 0.4) is 0 Å². The first kappa shape index (κ1) is 13.7. The first-order valence-electron chi connectivity index (χ1n) is 5.93. The molecule has 0 aromatic heterocycles. The summed E-state index contributed by atoms with van der Waals surface area (Å²) in [6.45, 7) is 3.46. The van der Waals surface area contributed by atoms with E-state index in [9.17, 15) is 0 Å². The summed E-state index contributed by atoms with van der Waals surface area (Å²) in [5.74, 6) is -2.20. The van der Waals surface area contributed by atoms with Crippen LogP contribution in [0.5, 0.6) is 0 Å². The highest BCUT2D eigenvalue weighted by Gasteiger charge is 2.47. The predicted octanol–water partition coefficient (Wildman–Crippen LogP) is 1.74. The molecule has 102 valence electrons. The predicted molar refractivity (Wildman–Crippen MR) is 56.1 cm³/mol. The van der Waals surface area contributed by atoms with Crippen LogP contribution in [0.25, 0.3) is 0 Å². The molecule has 0 aromatic rings. The molecule has 0 bridgehead atoms. The van der Waals surface area contributed by atoms with E-state index in [2.05, 4.69) is 4.89 Å². The highest BCUT2D eigenvalue weighted by Crippen LogP contribution is 2.35. The van der Waals surface area contributed by atoms with Crippen molar-refractivity contribution in [1.29, 1.82) is 5.26 Å². The van der Waals surface area contributed by atoms with Gasteiger partial charge in [-0.1, -0.05) is 0 Å². The molecule has 0 amide bonds. The minimum Gasteiger partial charge on any atom is -0.320 e. The molecule has 2 heterocycles. The Morgan fingerprint density at radius 3 is 2.72 bits per heavy atom. The molecule has 7 nitrogen and oxygen atoms in total. The zero-order valence-corrected chi connectivity index (χ0v) is 10.5. The quantitative estimate of drug-likeness (QED) is 0.549. The smallest absolute Gasteiger partial charge is 0.289 e. The third kappa shape index (κ3) is 3.38. The monoisotopic (exact) mass is 259 g/mol. The number of nitrogens with zero attached hydrogens (tertiary/aromatic N) is 1. The van der Waals surface area contributed by atoms with Crippen molar-refractivity contribution in [3.63, 3.8) is 0 Å². The number of hydrogen-bond donors (Lipinski definition) is 0. The van der Waals surface area contributed by atoms with Gasteiger partial charge in [-0.05, 0) is 19.8 Å². The third-order valence-corrected chi connectivity index (χ3v) is 2.79. The average molecular weight is 259 g/mol. The normalized spacial score (nSPS) is 39.9. The molecule has 3 unspecified atom stereocenters. The first-order chi connectivity index (χ1) is 8.55. The summed E-state index contributed by atoms with van der Waals surface area (Å²) in [7, 11) is 0. The molecule has 0 spiro atoms. The number of unbranched alkanes of at least 4 members (excludes halogenated alkanes) is 1. The van der Waals surface area contributed by atoms with Crippen LogP contribution < -0.4 is 0 Å². The van der Waals surface area contributed by atoms with Crippen molar-refractivity contribution < 1.29 is 29.0 Å². The van der Waals surface area contributed by atoms with Gasteiger partial charge in [0.1, 0.15) is 6.07 Å². The molecule has 0 aromatic carbocycles. The molecular weight excluding hydrogens is 242 g/mol. The lowest BCUT2D eigenvalue weighted by Crippen LogP contribution is -2.31. The SMILES string of the molecule is CC1(C#N)OOC(C)(CCCCC2OCOO2)O1. The van der Waals surface area contributed by atoms with Gasteiger partial charge in [-0.2, -0.15) is 15.0 Å². The number of rotatable bonds is 5. The summed E-state index contributed by atoms with van der Waals surface area (Å²) in [6, 6.07) is 1.90. The summed E-state index contributed by atoms with van der Waals surface area (Å²) in [4.78, 5) is 19.4. The van der Waals surface area contributed by atoms with Gasteiger partial charge in [0.2, 0.25) is 5.79 Å². The van der Waals surface area contributed by atoms with Crippen molar-refractivity contribution in [1.82, 2.24) is 0 Å².